The Labute approximate surface area is 127 Å². The summed E-state index contributed by atoms with van der Waals surface area (Å²) in [7, 11) is 1.67. The van der Waals surface area contributed by atoms with Crippen molar-refractivity contribution in [1.82, 2.24) is 0 Å². The number of hydrogen-bond donors (Lipinski definition) is 1. The van der Waals surface area contributed by atoms with Gasteiger partial charge in [-0.15, -0.1) is 0 Å². The fraction of sp³-hybridized carbons (Fsp3) is 0.556. The van der Waals surface area contributed by atoms with Crippen LogP contribution in [0.4, 0.5) is 0 Å². The lowest BCUT2D eigenvalue weighted by molar-refractivity contribution is 0.00394. The summed E-state index contributed by atoms with van der Waals surface area (Å²) in [5.74, 6) is 7.17. The lowest BCUT2D eigenvalue weighted by Crippen LogP contribution is -2.21. The van der Waals surface area contributed by atoms with Crippen molar-refractivity contribution in [2.75, 3.05) is 13.7 Å². The van der Waals surface area contributed by atoms with Crippen molar-refractivity contribution in [2.24, 2.45) is 5.92 Å². The highest BCUT2D eigenvalue weighted by Crippen LogP contribution is 2.28. The second-order valence-electron chi connectivity index (χ2n) is 5.69. The molecule has 0 aliphatic heterocycles. The summed E-state index contributed by atoms with van der Waals surface area (Å²) in [6.45, 7) is 2.72. The molecule has 0 spiro atoms. The molecule has 0 saturated heterocycles. The van der Waals surface area contributed by atoms with Crippen molar-refractivity contribution in [3.05, 3.63) is 29.3 Å². The minimum Gasteiger partial charge on any atom is -0.496 e. The third-order valence-electron chi connectivity index (χ3n) is 3.96. The number of benzene rings is 1. The Balaban J connectivity index is 2.03. The summed E-state index contributed by atoms with van der Waals surface area (Å²) in [5.41, 5.74) is 1.89. The molecule has 114 valence electrons. The van der Waals surface area contributed by atoms with E-state index < -0.39 is 0 Å². The van der Waals surface area contributed by atoms with Crippen LogP contribution in [0.25, 0.3) is 0 Å². The van der Waals surface area contributed by atoms with E-state index >= 15 is 0 Å². The molecule has 2 unspecified atom stereocenters. The summed E-state index contributed by atoms with van der Waals surface area (Å²) in [6.07, 6.45) is 5.22. The average Bonchev–Trinajstić information content (AvgIpc) is 2.51. The minimum absolute atomic E-state index is 0.127. The third kappa shape index (κ3) is 4.77. The number of methoxy groups -OCH3 is 1. The summed E-state index contributed by atoms with van der Waals surface area (Å²) in [6, 6.07) is 5.78. The third-order valence-corrected chi connectivity index (χ3v) is 3.96. The summed E-state index contributed by atoms with van der Waals surface area (Å²) < 4.78 is 11.5. The van der Waals surface area contributed by atoms with Crippen molar-refractivity contribution in [3.63, 3.8) is 0 Å². The number of ether oxygens (including phenoxy) is 2. The number of hydrogen-bond acceptors (Lipinski definition) is 3. The summed E-state index contributed by atoms with van der Waals surface area (Å²) in [4.78, 5) is 0. The lowest BCUT2D eigenvalue weighted by atomic mass is 9.89. The Kier molecular flexibility index (Phi) is 6.10. The predicted molar refractivity (Wildman–Crippen MR) is 83.2 cm³/mol. The van der Waals surface area contributed by atoms with Crippen LogP contribution < -0.4 is 4.74 Å². The molecule has 1 fully saturated rings. The first-order valence-electron chi connectivity index (χ1n) is 7.61. The Morgan fingerprint density at radius 2 is 2.19 bits per heavy atom. The van der Waals surface area contributed by atoms with Crippen LogP contribution in [0, 0.1) is 17.8 Å². The van der Waals surface area contributed by atoms with Gasteiger partial charge >= 0.3 is 0 Å². The number of rotatable bonds is 4. The van der Waals surface area contributed by atoms with Crippen LogP contribution in [0.15, 0.2) is 18.2 Å². The van der Waals surface area contributed by atoms with Gasteiger partial charge in [0.05, 0.1) is 19.8 Å². The van der Waals surface area contributed by atoms with Crippen molar-refractivity contribution >= 4 is 0 Å². The van der Waals surface area contributed by atoms with Gasteiger partial charge in [-0.1, -0.05) is 31.6 Å². The quantitative estimate of drug-likeness (QED) is 0.865. The van der Waals surface area contributed by atoms with E-state index in [0.717, 1.165) is 35.6 Å². The van der Waals surface area contributed by atoms with Gasteiger partial charge in [0, 0.05) is 11.1 Å². The SMILES string of the molecule is COc1ccc(C#CCO)cc1COC1CCCC(C)C1. The Morgan fingerprint density at radius 1 is 1.33 bits per heavy atom. The van der Waals surface area contributed by atoms with E-state index in [9.17, 15) is 0 Å². The molecule has 0 amide bonds. The van der Waals surface area contributed by atoms with Crippen LogP contribution >= 0.6 is 0 Å². The van der Waals surface area contributed by atoms with E-state index in [2.05, 4.69) is 18.8 Å². The predicted octanol–water partition coefficient (Wildman–Crippen LogP) is 3.13. The van der Waals surface area contributed by atoms with Crippen molar-refractivity contribution in [2.45, 2.75) is 45.3 Å². The van der Waals surface area contributed by atoms with E-state index in [1.54, 1.807) is 7.11 Å². The molecular weight excluding hydrogens is 264 g/mol. The first-order valence-corrected chi connectivity index (χ1v) is 7.61. The standard InChI is InChI=1S/C18H24O3/c1-14-5-3-7-17(11-14)21-13-16-12-15(6-4-10-19)8-9-18(16)20-2/h8-9,12,14,17,19H,3,5,7,10-11,13H2,1-2H3. The highest BCUT2D eigenvalue weighted by Gasteiger charge is 2.19. The molecule has 0 heterocycles. The van der Waals surface area contributed by atoms with Crippen LogP contribution in [-0.4, -0.2) is 24.9 Å². The van der Waals surface area contributed by atoms with Crippen molar-refractivity contribution in [3.8, 4) is 17.6 Å². The monoisotopic (exact) mass is 288 g/mol. The zero-order valence-electron chi connectivity index (χ0n) is 12.9. The van der Waals surface area contributed by atoms with E-state index in [4.69, 9.17) is 14.6 Å². The van der Waals surface area contributed by atoms with Gasteiger partial charge in [0.25, 0.3) is 0 Å². The maximum Gasteiger partial charge on any atom is 0.124 e. The molecule has 2 rings (SSSR count). The summed E-state index contributed by atoms with van der Waals surface area (Å²) >= 11 is 0. The molecule has 1 aromatic rings. The smallest absolute Gasteiger partial charge is 0.124 e. The maximum absolute atomic E-state index is 8.77. The first kappa shape index (κ1) is 15.9. The molecule has 3 nitrogen and oxygen atoms in total. The normalized spacial score (nSPS) is 21.5. The lowest BCUT2D eigenvalue weighted by Gasteiger charge is -2.27. The Morgan fingerprint density at radius 3 is 2.90 bits per heavy atom. The van der Waals surface area contributed by atoms with Gasteiger partial charge in [0.1, 0.15) is 12.4 Å². The number of aliphatic hydroxyl groups is 1. The Bertz CT molecular complexity index is 513. The molecular formula is C18H24O3. The Hall–Kier alpha value is -1.50. The fourth-order valence-corrected chi connectivity index (χ4v) is 2.85. The molecule has 0 radical (unpaired) electrons. The molecule has 2 atom stereocenters. The van der Waals surface area contributed by atoms with Gasteiger partial charge in [-0.05, 0) is 37.0 Å². The van der Waals surface area contributed by atoms with Crippen LogP contribution in [0.3, 0.4) is 0 Å². The highest BCUT2D eigenvalue weighted by atomic mass is 16.5. The molecule has 1 aliphatic carbocycles. The van der Waals surface area contributed by atoms with Crippen LogP contribution in [-0.2, 0) is 11.3 Å². The minimum atomic E-state index is -0.127. The van der Waals surface area contributed by atoms with Gasteiger partial charge in [0.2, 0.25) is 0 Å². The maximum atomic E-state index is 8.77. The molecule has 1 aliphatic rings. The van der Waals surface area contributed by atoms with Gasteiger partial charge in [-0.25, -0.2) is 0 Å². The van der Waals surface area contributed by atoms with Gasteiger partial charge in [-0.2, -0.15) is 0 Å². The molecule has 0 bridgehead atoms. The van der Waals surface area contributed by atoms with E-state index in [0.29, 0.717) is 12.7 Å². The van der Waals surface area contributed by atoms with E-state index in [1.807, 2.05) is 18.2 Å². The van der Waals surface area contributed by atoms with Gasteiger partial charge in [-0.3, -0.25) is 0 Å². The fourth-order valence-electron chi connectivity index (χ4n) is 2.85. The number of aliphatic hydroxyl groups excluding tert-OH is 1. The average molecular weight is 288 g/mol. The second kappa shape index (κ2) is 8.07. The van der Waals surface area contributed by atoms with E-state index in [1.165, 1.54) is 12.8 Å². The van der Waals surface area contributed by atoms with Crippen molar-refractivity contribution in [1.29, 1.82) is 0 Å². The molecule has 21 heavy (non-hydrogen) atoms. The molecule has 1 saturated carbocycles. The highest BCUT2D eigenvalue weighted by molar-refractivity contribution is 5.44. The van der Waals surface area contributed by atoms with Gasteiger partial charge in [0.15, 0.2) is 0 Å². The molecule has 1 N–H and O–H groups in total. The van der Waals surface area contributed by atoms with Crippen LogP contribution in [0.5, 0.6) is 5.75 Å². The second-order valence-corrected chi connectivity index (χ2v) is 5.69. The van der Waals surface area contributed by atoms with Crippen LogP contribution in [0.2, 0.25) is 0 Å². The zero-order chi connectivity index (χ0) is 15.1. The summed E-state index contributed by atoms with van der Waals surface area (Å²) in [5, 5.41) is 8.77. The first-order chi connectivity index (χ1) is 10.2. The van der Waals surface area contributed by atoms with Crippen LogP contribution in [0.1, 0.15) is 43.7 Å². The zero-order valence-corrected chi connectivity index (χ0v) is 12.9. The van der Waals surface area contributed by atoms with E-state index in [-0.39, 0.29) is 6.61 Å². The largest absolute Gasteiger partial charge is 0.496 e. The topological polar surface area (TPSA) is 38.7 Å². The molecule has 3 heteroatoms. The van der Waals surface area contributed by atoms with Crippen molar-refractivity contribution < 1.29 is 14.6 Å². The molecule has 0 aromatic heterocycles. The molecule has 1 aromatic carbocycles. The van der Waals surface area contributed by atoms with Gasteiger partial charge < -0.3 is 14.6 Å².